The zero-order valence-electron chi connectivity index (χ0n) is 27.4. The van der Waals surface area contributed by atoms with Gasteiger partial charge in [0.15, 0.2) is 6.23 Å². The summed E-state index contributed by atoms with van der Waals surface area (Å²) in [5, 5.41) is 14.8. The van der Waals surface area contributed by atoms with Crippen molar-refractivity contribution >= 4 is 50.9 Å². The van der Waals surface area contributed by atoms with Gasteiger partial charge in [0.1, 0.15) is 18.3 Å². The van der Waals surface area contributed by atoms with Gasteiger partial charge in [0.2, 0.25) is 11.9 Å². The number of aromatic nitrogens is 4. The number of amides is 1. The fourth-order valence-electron chi connectivity index (χ4n) is 6.55. The maximum absolute atomic E-state index is 13.1. The van der Waals surface area contributed by atoms with Crippen molar-refractivity contribution in [2.24, 2.45) is 5.92 Å². The quantitative estimate of drug-likeness (QED) is 0.299. The van der Waals surface area contributed by atoms with Crippen LogP contribution in [0.1, 0.15) is 75.5 Å². The number of nitrogens with zero attached hydrogens (tertiary/aromatic N) is 3. The van der Waals surface area contributed by atoms with Gasteiger partial charge in [0.05, 0.1) is 34.9 Å². The van der Waals surface area contributed by atoms with Gasteiger partial charge in [-0.15, -0.1) is 0 Å². The van der Waals surface area contributed by atoms with Crippen LogP contribution in [0.15, 0.2) is 23.3 Å². The second-order valence-corrected chi connectivity index (χ2v) is 22.5. The smallest absolute Gasteiger partial charge is 0.335 e. The third kappa shape index (κ3) is 5.48. The van der Waals surface area contributed by atoms with E-state index in [4.69, 9.17) is 17.7 Å². The van der Waals surface area contributed by atoms with E-state index in [1.54, 1.807) is 36.9 Å². The highest BCUT2D eigenvalue weighted by molar-refractivity contribution is 6.84. The van der Waals surface area contributed by atoms with Crippen molar-refractivity contribution in [3.63, 3.8) is 0 Å². The number of benzene rings is 1. The van der Waals surface area contributed by atoms with E-state index in [1.807, 2.05) is 0 Å². The Bertz CT molecular complexity index is 1570. The zero-order chi connectivity index (χ0) is 32.3. The number of aliphatic hydroxyl groups is 1. The summed E-state index contributed by atoms with van der Waals surface area (Å²) in [6, 6.07) is 3.38. The number of carbonyl (C=O) groups is 1. The van der Waals surface area contributed by atoms with Gasteiger partial charge in [-0.3, -0.25) is 19.9 Å². The molecule has 1 amide bonds. The molecule has 0 spiro atoms. The van der Waals surface area contributed by atoms with Crippen molar-refractivity contribution in [3.8, 4) is 0 Å². The SMILES string of the molecule is CC(C)C(=O)Nc1nc2cc3ncn([C@@H]4O[C@@H]5CO[Si](C(C)C)(C(C)C)O[Si](C(C)C)(C(C)C)O[C@H]5[C@H]4O)c3cc2c(=O)[nH]1. The molecule has 0 unspecified atom stereocenters. The van der Waals surface area contributed by atoms with Gasteiger partial charge >= 0.3 is 17.1 Å². The number of H-pyrrole nitrogens is 1. The Labute approximate surface area is 260 Å². The highest BCUT2D eigenvalue weighted by Gasteiger charge is 2.61. The molecule has 2 fully saturated rings. The van der Waals surface area contributed by atoms with Crippen molar-refractivity contribution in [3.05, 3.63) is 28.8 Å². The van der Waals surface area contributed by atoms with E-state index in [0.717, 1.165) is 0 Å². The van der Waals surface area contributed by atoms with Crippen molar-refractivity contribution in [2.75, 3.05) is 11.9 Å². The van der Waals surface area contributed by atoms with Gasteiger partial charge in [0.25, 0.3) is 5.56 Å². The number of imidazole rings is 1. The third-order valence-electron chi connectivity index (χ3n) is 9.08. The third-order valence-corrected chi connectivity index (χ3v) is 19.3. The Balaban J connectivity index is 1.54. The average Bonchev–Trinajstić information content (AvgIpc) is 3.46. The van der Waals surface area contributed by atoms with Crippen LogP contribution < -0.4 is 10.9 Å². The second-order valence-electron chi connectivity index (χ2n) is 13.7. The molecular formula is C30H47N5O7Si2. The molecule has 4 heterocycles. The molecule has 3 N–H and O–H groups in total. The van der Waals surface area contributed by atoms with Gasteiger partial charge in [-0.2, -0.15) is 0 Å². The number of nitrogens with one attached hydrogen (secondary N) is 2. The maximum Gasteiger partial charge on any atom is 0.335 e. The van der Waals surface area contributed by atoms with Crippen LogP contribution in [0.2, 0.25) is 22.2 Å². The van der Waals surface area contributed by atoms with E-state index in [1.165, 1.54) is 0 Å². The Morgan fingerprint density at radius 2 is 1.64 bits per heavy atom. The molecule has 2 aromatic heterocycles. The topological polar surface area (TPSA) is 150 Å². The summed E-state index contributed by atoms with van der Waals surface area (Å²) < 4.78 is 29.4. The molecule has 3 aromatic rings. The summed E-state index contributed by atoms with van der Waals surface area (Å²) in [7, 11) is -5.73. The first-order valence-corrected chi connectivity index (χ1v) is 19.6. The van der Waals surface area contributed by atoms with Crippen molar-refractivity contribution in [1.29, 1.82) is 0 Å². The van der Waals surface area contributed by atoms with E-state index in [0.29, 0.717) is 21.9 Å². The summed E-state index contributed by atoms with van der Waals surface area (Å²) >= 11 is 0. The molecule has 1 aromatic carbocycles. The van der Waals surface area contributed by atoms with E-state index in [9.17, 15) is 14.7 Å². The minimum Gasteiger partial charge on any atom is -0.414 e. The number of fused-ring (bicyclic) bond motifs is 3. The van der Waals surface area contributed by atoms with Crippen molar-refractivity contribution in [2.45, 2.75) is 116 Å². The molecular weight excluding hydrogens is 599 g/mol. The molecule has 0 aliphatic carbocycles. The summed E-state index contributed by atoms with van der Waals surface area (Å²) in [5.41, 5.74) is 1.74. The Morgan fingerprint density at radius 1 is 1.00 bits per heavy atom. The van der Waals surface area contributed by atoms with Crippen LogP contribution in [0.3, 0.4) is 0 Å². The van der Waals surface area contributed by atoms with Crippen LogP contribution in [0.5, 0.6) is 0 Å². The van der Waals surface area contributed by atoms with Gasteiger partial charge in [-0.05, 0) is 34.3 Å². The van der Waals surface area contributed by atoms with Crippen molar-refractivity contribution < 1.29 is 27.6 Å². The highest BCUT2D eigenvalue weighted by atomic mass is 28.5. The van der Waals surface area contributed by atoms with Gasteiger partial charge in [-0.25, -0.2) is 9.97 Å². The molecule has 14 heteroatoms. The lowest BCUT2D eigenvalue weighted by molar-refractivity contribution is -0.118. The number of aromatic amines is 1. The first-order valence-electron chi connectivity index (χ1n) is 15.7. The van der Waals surface area contributed by atoms with Gasteiger partial charge in [0, 0.05) is 5.92 Å². The molecule has 44 heavy (non-hydrogen) atoms. The van der Waals surface area contributed by atoms with E-state index < -0.39 is 47.2 Å². The molecule has 2 aliphatic rings. The fraction of sp³-hybridized carbons (Fsp3) is 0.667. The van der Waals surface area contributed by atoms with Crippen LogP contribution in [0.25, 0.3) is 21.9 Å². The highest BCUT2D eigenvalue weighted by Crippen LogP contribution is 2.48. The molecule has 2 saturated heterocycles. The Hall–Kier alpha value is -2.47. The molecule has 5 rings (SSSR count). The first-order chi connectivity index (χ1) is 20.6. The predicted molar refractivity (Wildman–Crippen MR) is 173 cm³/mol. The van der Waals surface area contributed by atoms with E-state index >= 15 is 0 Å². The number of carbonyl (C=O) groups excluding carboxylic acids is 1. The van der Waals surface area contributed by atoms with Crippen LogP contribution in [-0.2, 0) is 22.5 Å². The monoisotopic (exact) mass is 645 g/mol. The Morgan fingerprint density at radius 3 is 2.23 bits per heavy atom. The van der Waals surface area contributed by atoms with E-state index in [-0.39, 0.29) is 46.5 Å². The molecule has 0 radical (unpaired) electrons. The number of hydrogen-bond donors (Lipinski definition) is 3. The molecule has 2 aliphatic heterocycles. The molecule has 4 atom stereocenters. The fourth-order valence-corrected chi connectivity index (χ4v) is 17.8. The predicted octanol–water partition coefficient (Wildman–Crippen LogP) is 5.08. The largest absolute Gasteiger partial charge is 0.414 e. The minimum absolute atomic E-state index is 0.0791. The standard InChI is InChI=1S/C30H47N5O7Si2/c1-15(2)27(37)33-30-32-21-12-22-23(11-20(21)28(38)34-30)35(14-31-22)29-25(36)26-24(40-29)13-39-43(16(3)4,17(5)6)42-44(41-26,18(7)8)19(9)10/h11-12,14-19,24-26,29,36H,13H2,1-10H3,(H2,32,33,34,37,38)/t24-,25-,26-,29-/m1/s1. The molecule has 12 nitrogen and oxygen atoms in total. The first kappa shape index (κ1) is 32.9. The minimum atomic E-state index is -2.96. The Kier molecular flexibility index (Phi) is 9.01. The molecule has 0 saturated carbocycles. The van der Waals surface area contributed by atoms with Crippen LogP contribution in [0, 0.1) is 5.92 Å². The number of anilines is 1. The number of hydrogen-bond acceptors (Lipinski definition) is 9. The van der Waals surface area contributed by atoms with Gasteiger partial charge in [-0.1, -0.05) is 69.2 Å². The molecule has 0 bridgehead atoms. The van der Waals surface area contributed by atoms with E-state index in [2.05, 4.69) is 75.7 Å². The lowest BCUT2D eigenvalue weighted by Crippen LogP contribution is -2.65. The average molecular weight is 646 g/mol. The van der Waals surface area contributed by atoms with Crippen LogP contribution >= 0.6 is 0 Å². The summed E-state index contributed by atoms with van der Waals surface area (Å²) in [6.07, 6.45) is -1.46. The van der Waals surface area contributed by atoms with Crippen molar-refractivity contribution in [1.82, 2.24) is 19.5 Å². The zero-order valence-corrected chi connectivity index (χ0v) is 29.4. The summed E-state index contributed by atoms with van der Waals surface area (Å²) in [4.78, 5) is 36.9. The van der Waals surface area contributed by atoms with Crippen LogP contribution in [0.4, 0.5) is 5.95 Å². The summed E-state index contributed by atoms with van der Waals surface area (Å²) in [6.45, 7) is 21.0. The maximum atomic E-state index is 13.1. The molecule has 242 valence electrons. The summed E-state index contributed by atoms with van der Waals surface area (Å²) in [5.74, 6) is -0.442. The number of ether oxygens (including phenoxy) is 1. The lowest BCUT2D eigenvalue weighted by Gasteiger charge is -2.51. The van der Waals surface area contributed by atoms with Gasteiger partial charge < -0.3 is 27.4 Å². The number of rotatable bonds is 7. The number of aliphatic hydroxyl groups excluding tert-OH is 1. The van der Waals surface area contributed by atoms with Crippen LogP contribution in [-0.4, -0.2) is 72.6 Å². The normalized spacial score (nSPS) is 25.4. The lowest BCUT2D eigenvalue weighted by atomic mass is 10.1. The second kappa shape index (κ2) is 12.0.